The highest BCUT2D eigenvalue weighted by Gasteiger charge is 2.41. The first kappa shape index (κ1) is 21.8. The van der Waals surface area contributed by atoms with Crippen molar-refractivity contribution in [1.82, 2.24) is 19.8 Å². The fourth-order valence-corrected chi connectivity index (χ4v) is 4.73. The van der Waals surface area contributed by atoms with Crippen molar-refractivity contribution < 1.29 is 9.53 Å². The predicted molar refractivity (Wildman–Crippen MR) is 124 cm³/mol. The number of anilines is 1. The van der Waals surface area contributed by atoms with E-state index in [0.29, 0.717) is 12.5 Å². The van der Waals surface area contributed by atoms with E-state index >= 15 is 0 Å². The van der Waals surface area contributed by atoms with Crippen molar-refractivity contribution in [2.45, 2.75) is 38.6 Å². The van der Waals surface area contributed by atoms with Crippen LogP contribution in [0.5, 0.6) is 0 Å². The maximum Gasteiger partial charge on any atom is 0.246 e. The predicted octanol–water partition coefficient (Wildman–Crippen LogP) is 3.22. The zero-order valence-electron chi connectivity index (χ0n) is 19.1. The van der Waals surface area contributed by atoms with Gasteiger partial charge in [0.2, 0.25) is 5.91 Å². The summed E-state index contributed by atoms with van der Waals surface area (Å²) in [5.74, 6) is 0.576. The molecule has 0 radical (unpaired) electrons. The number of carbonyl (C=O) groups excluding carboxylic acids is 1. The zero-order chi connectivity index (χ0) is 22.0. The van der Waals surface area contributed by atoms with Crippen molar-refractivity contribution >= 4 is 22.6 Å². The molecule has 7 nitrogen and oxygen atoms in total. The number of hydrogen-bond donors (Lipinski definition) is 2. The summed E-state index contributed by atoms with van der Waals surface area (Å²) in [5, 5.41) is 4.96. The van der Waals surface area contributed by atoms with Gasteiger partial charge in [-0.1, -0.05) is 19.9 Å². The topological polar surface area (TPSA) is 73.5 Å². The first-order valence-corrected chi connectivity index (χ1v) is 11.3. The Morgan fingerprint density at radius 2 is 2.16 bits per heavy atom. The van der Waals surface area contributed by atoms with Crippen LogP contribution in [0.2, 0.25) is 0 Å². The summed E-state index contributed by atoms with van der Waals surface area (Å²) < 4.78 is 5.56. The minimum atomic E-state index is -0.0320. The van der Waals surface area contributed by atoms with Crippen molar-refractivity contribution in [2.24, 2.45) is 5.41 Å². The number of hydrogen-bond acceptors (Lipinski definition) is 5. The molecule has 2 aliphatic heterocycles. The summed E-state index contributed by atoms with van der Waals surface area (Å²) in [6.07, 6.45) is 9.68. The van der Waals surface area contributed by atoms with Crippen molar-refractivity contribution in [3.05, 3.63) is 36.2 Å². The lowest BCUT2D eigenvalue weighted by Gasteiger charge is -2.28. The molecule has 2 aliphatic rings. The Bertz CT molecular complexity index is 943. The molecule has 2 N–H and O–H groups in total. The summed E-state index contributed by atoms with van der Waals surface area (Å²) in [6, 6.07) is 2.23. The molecular weight excluding hydrogens is 390 g/mol. The highest BCUT2D eigenvalue weighted by molar-refractivity contribution is 5.93. The molecule has 0 bridgehead atoms. The van der Waals surface area contributed by atoms with Gasteiger partial charge in [0.25, 0.3) is 0 Å². The summed E-state index contributed by atoms with van der Waals surface area (Å²) in [4.78, 5) is 24.6. The van der Waals surface area contributed by atoms with Gasteiger partial charge in [-0.3, -0.25) is 4.79 Å². The normalized spacial score (nSPS) is 22.1. The monoisotopic (exact) mass is 425 g/mol. The highest BCUT2D eigenvalue weighted by Crippen LogP contribution is 2.38. The number of rotatable bonds is 6. The molecule has 0 unspecified atom stereocenters. The SMILES string of the molecule is CN(C)C/C=C/C(=O)N1C[C@H](Nc2ccnc3[nH]cc(C4CCOCC4)c23)C(C)(C)C1. The van der Waals surface area contributed by atoms with Crippen LogP contribution >= 0.6 is 0 Å². The van der Waals surface area contributed by atoms with Crippen LogP contribution in [0.4, 0.5) is 5.69 Å². The largest absolute Gasteiger partial charge is 0.381 e. The van der Waals surface area contributed by atoms with E-state index in [0.717, 1.165) is 50.5 Å². The van der Waals surface area contributed by atoms with Gasteiger partial charge < -0.3 is 24.8 Å². The summed E-state index contributed by atoms with van der Waals surface area (Å²) in [7, 11) is 4.00. The van der Waals surface area contributed by atoms with Gasteiger partial charge in [-0.15, -0.1) is 0 Å². The minimum Gasteiger partial charge on any atom is -0.381 e. The van der Waals surface area contributed by atoms with Crippen molar-refractivity contribution in [3.8, 4) is 0 Å². The Labute approximate surface area is 184 Å². The van der Waals surface area contributed by atoms with E-state index < -0.39 is 0 Å². The smallest absolute Gasteiger partial charge is 0.246 e. The van der Waals surface area contributed by atoms with Crippen LogP contribution < -0.4 is 5.32 Å². The van der Waals surface area contributed by atoms with Crippen molar-refractivity contribution in [3.63, 3.8) is 0 Å². The number of nitrogens with zero attached hydrogens (tertiary/aromatic N) is 3. The van der Waals surface area contributed by atoms with Crippen LogP contribution in [0.3, 0.4) is 0 Å². The molecular formula is C24H35N5O2. The first-order valence-electron chi connectivity index (χ1n) is 11.3. The van der Waals surface area contributed by atoms with E-state index in [9.17, 15) is 4.79 Å². The number of likely N-dealkylation sites (N-methyl/N-ethyl adjacent to an activating group) is 1. The molecule has 2 fully saturated rings. The fraction of sp³-hybridized carbons (Fsp3) is 0.583. The Morgan fingerprint density at radius 3 is 2.90 bits per heavy atom. The average molecular weight is 426 g/mol. The lowest BCUT2D eigenvalue weighted by atomic mass is 9.87. The van der Waals surface area contributed by atoms with Gasteiger partial charge in [0.15, 0.2) is 0 Å². The molecule has 0 aromatic carbocycles. The Hall–Kier alpha value is -2.38. The van der Waals surface area contributed by atoms with Gasteiger partial charge in [-0.05, 0) is 44.5 Å². The van der Waals surface area contributed by atoms with Crippen LogP contribution in [0.1, 0.15) is 38.2 Å². The van der Waals surface area contributed by atoms with Crippen LogP contribution in [-0.4, -0.2) is 78.7 Å². The molecule has 1 atom stereocenters. The minimum absolute atomic E-state index is 0.0320. The fourth-order valence-electron chi connectivity index (χ4n) is 4.73. The van der Waals surface area contributed by atoms with Gasteiger partial charge in [0.05, 0.1) is 6.04 Å². The molecule has 2 aromatic rings. The van der Waals surface area contributed by atoms with Crippen LogP contribution in [0.15, 0.2) is 30.6 Å². The summed E-state index contributed by atoms with van der Waals surface area (Å²) >= 11 is 0. The van der Waals surface area contributed by atoms with Gasteiger partial charge in [0, 0.05) is 67.8 Å². The Kier molecular flexibility index (Phi) is 6.34. The molecule has 4 heterocycles. The van der Waals surface area contributed by atoms with Crippen LogP contribution in [0, 0.1) is 5.41 Å². The third-order valence-corrected chi connectivity index (χ3v) is 6.58. The second-order valence-corrected chi connectivity index (χ2v) is 9.78. The molecule has 0 aliphatic carbocycles. The maximum atomic E-state index is 12.7. The van der Waals surface area contributed by atoms with E-state index in [1.165, 1.54) is 10.9 Å². The Balaban J connectivity index is 1.54. The number of pyridine rings is 1. The van der Waals surface area contributed by atoms with Gasteiger partial charge >= 0.3 is 0 Å². The standard InChI is InChI=1S/C24H35N5O2/c1-24(2)16-29(21(30)6-5-11-28(3)4)15-20(24)27-19-7-10-25-23-22(19)18(14-26-23)17-8-12-31-13-9-17/h5-7,10,14,17,20H,8-9,11-13,15-16H2,1-4H3,(H2,25,26,27)/b6-5+/t20-/m0/s1. The third kappa shape index (κ3) is 4.77. The van der Waals surface area contributed by atoms with E-state index in [4.69, 9.17) is 4.74 Å². The second kappa shape index (κ2) is 9.01. The number of aromatic amines is 1. The average Bonchev–Trinajstić information content (AvgIpc) is 3.30. The first-order chi connectivity index (χ1) is 14.8. The van der Waals surface area contributed by atoms with Crippen molar-refractivity contribution in [1.29, 1.82) is 0 Å². The van der Waals surface area contributed by atoms with Crippen molar-refractivity contribution in [2.75, 3.05) is 52.3 Å². The summed E-state index contributed by atoms with van der Waals surface area (Å²) in [5.41, 5.74) is 3.31. The number of nitrogens with one attached hydrogen (secondary N) is 2. The van der Waals surface area contributed by atoms with E-state index in [-0.39, 0.29) is 17.4 Å². The number of aromatic nitrogens is 2. The molecule has 0 spiro atoms. The molecule has 1 amide bonds. The number of carbonyl (C=O) groups is 1. The third-order valence-electron chi connectivity index (χ3n) is 6.58. The zero-order valence-corrected chi connectivity index (χ0v) is 19.1. The van der Waals surface area contributed by atoms with Gasteiger partial charge in [-0.25, -0.2) is 4.98 Å². The number of amides is 1. The van der Waals surface area contributed by atoms with Crippen LogP contribution in [-0.2, 0) is 9.53 Å². The quantitative estimate of drug-likeness (QED) is 0.695. The van der Waals surface area contributed by atoms with E-state index in [1.807, 2.05) is 36.2 Å². The molecule has 2 aromatic heterocycles. The number of H-pyrrole nitrogens is 1. The molecule has 168 valence electrons. The number of fused-ring (bicyclic) bond motifs is 1. The lowest BCUT2D eigenvalue weighted by Crippen LogP contribution is -2.34. The number of ether oxygens (including phenoxy) is 1. The van der Waals surface area contributed by atoms with Gasteiger partial charge in [-0.2, -0.15) is 0 Å². The van der Waals surface area contributed by atoms with E-state index in [1.54, 1.807) is 6.08 Å². The number of likely N-dealkylation sites (tertiary alicyclic amines) is 1. The highest BCUT2D eigenvalue weighted by atomic mass is 16.5. The second-order valence-electron chi connectivity index (χ2n) is 9.78. The lowest BCUT2D eigenvalue weighted by molar-refractivity contribution is -0.125. The molecule has 4 rings (SSSR count). The van der Waals surface area contributed by atoms with Crippen LogP contribution in [0.25, 0.3) is 11.0 Å². The molecule has 31 heavy (non-hydrogen) atoms. The molecule has 2 saturated heterocycles. The molecule has 0 saturated carbocycles. The summed E-state index contributed by atoms with van der Waals surface area (Å²) in [6.45, 7) is 8.29. The maximum absolute atomic E-state index is 12.7. The Morgan fingerprint density at radius 1 is 1.39 bits per heavy atom. The van der Waals surface area contributed by atoms with E-state index in [2.05, 4.69) is 41.4 Å². The van der Waals surface area contributed by atoms with Gasteiger partial charge in [0.1, 0.15) is 5.65 Å². The molecule has 7 heteroatoms.